The van der Waals surface area contributed by atoms with Gasteiger partial charge in [-0.3, -0.25) is 9.10 Å². The molecule has 6 nitrogen and oxygen atoms in total. The molecule has 1 amide bonds. The summed E-state index contributed by atoms with van der Waals surface area (Å²) in [7, 11) is -3.94. The molecular weight excluding hydrogens is 575 g/mol. The van der Waals surface area contributed by atoms with Crippen molar-refractivity contribution in [2.24, 2.45) is 0 Å². The Morgan fingerprint density at radius 3 is 2.03 bits per heavy atom. The van der Waals surface area contributed by atoms with Crippen LogP contribution in [0.2, 0.25) is 0 Å². The highest BCUT2D eigenvalue weighted by molar-refractivity contribution is 14.1. The zero-order valence-corrected chi connectivity index (χ0v) is 21.6. The van der Waals surface area contributed by atoms with Crippen LogP contribution in [0.15, 0.2) is 114 Å². The van der Waals surface area contributed by atoms with Crippen molar-refractivity contribution in [2.75, 3.05) is 16.2 Å². The van der Waals surface area contributed by atoms with Crippen molar-refractivity contribution in [3.8, 4) is 5.75 Å². The second kappa shape index (κ2) is 11.4. The number of sulfonamides is 1. The molecule has 0 radical (unpaired) electrons. The Morgan fingerprint density at radius 1 is 0.800 bits per heavy atom. The van der Waals surface area contributed by atoms with Crippen LogP contribution in [-0.2, 0) is 21.4 Å². The van der Waals surface area contributed by atoms with Gasteiger partial charge in [0.1, 0.15) is 18.9 Å². The van der Waals surface area contributed by atoms with Gasteiger partial charge in [-0.1, -0.05) is 48.5 Å². The van der Waals surface area contributed by atoms with Gasteiger partial charge in [-0.05, 0) is 88.8 Å². The predicted molar refractivity (Wildman–Crippen MR) is 146 cm³/mol. The number of halogens is 1. The van der Waals surface area contributed by atoms with E-state index in [0.717, 1.165) is 13.4 Å². The molecule has 35 heavy (non-hydrogen) atoms. The minimum atomic E-state index is -3.94. The van der Waals surface area contributed by atoms with Crippen molar-refractivity contribution in [3.63, 3.8) is 0 Å². The normalized spacial score (nSPS) is 11.0. The number of hydrogen-bond donors (Lipinski definition) is 1. The number of nitrogens with one attached hydrogen (secondary N) is 1. The standard InChI is InChI=1S/C27H23IN2O4S/c28-22-11-15-24(16-12-22)30(35(32,33)26-9-5-2-6-10-26)19-27(31)29-23-13-17-25(18-14-23)34-20-21-7-3-1-4-8-21/h1-18H,19-20H2,(H,29,31). The summed E-state index contributed by atoms with van der Waals surface area (Å²) in [5, 5.41) is 2.78. The minimum Gasteiger partial charge on any atom is -0.489 e. The van der Waals surface area contributed by atoms with Gasteiger partial charge in [0, 0.05) is 9.26 Å². The zero-order chi connectivity index (χ0) is 24.7. The Balaban J connectivity index is 1.46. The smallest absolute Gasteiger partial charge is 0.264 e. The second-order valence-corrected chi connectivity index (χ2v) is 10.8. The monoisotopic (exact) mass is 598 g/mol. The average Bonchev–Trinajstić information content (AvgIpc) is 2.88. The highest BCUT2D eigenvalue weighted by Gasteiger charge is 2.27. The van der Waals surface area contributed by atoms with Crippen LogP contribution in [0.4, 0.5) is 11.4 Å². The number of nitrogens with zero attached hydrogens (tertiary/aromatic N) is 1. The van der Waals surface area contributed by atoms with Gasteiger partial charge < -0.3 is 10.1 Å². The quantitative estimate of drug-likeness (QED) is 0.251. The third-order valence-corrected chi connectivity index (χ3v) is 7.63. The van der Waals surface area contributed by atoms with Crippen molar-refractivity contribution >= 4 is 49.9 Å². The second-order valence-electron chi connectivity index (χ2n) is 7.65. The minimum absolute atomic E-state index is 0.117. The molecule has 0 aromatic heterocycles. The lowest BCUT2D eigenvalue weighted by Crippen LogP contribution is -2.38. The Kier molecular flexibility index (Phi) is 8.04. The molecule has 4 aromatic carbocycles. The molecule has 0 bridgehead atoms. The summed E-state index contributed by atoms with van der Waals surface area (Å²) in [5.74, 6) is 0.208. The Hall–Kier alpha value is -3.37. The van der Waals surface area contributed by atoms with E-state index in [0.29, 0.717) is 23.7 Å². The molecule has 0 aliphatic carbocycles. The van der Waals surface area contributed by atoms with Gasteiger partial charge in [0.15, 0.2) is 0 Å². The number of benzene rings is 4. The third-order valence-electron chi connectivity index (χ3n) is 5.12. The van der Waals surface area contributed by atoms with Crippen molar-refractivity contribution in [1.29, 1.82) is 0 Å². The predicted octanol–water partition coefficient (Wildman–Crippen LogP) is 5.70. The summed E-state index contributed by atoms with van der Waals surface area (Å²) >= 11 is 2.15. The SMILES string of the molecule is O=C(CN(c1ccc(I)cc1)S(=O)(=O)c1ccccc1)Nc1ccc(OCc2ccccc2)cc1. The molecule has 1 N–H and O–H groups in total. The van der Waals surface area contributed by atoms with Gasteiger partial charge in [-0.15, -0.1) is 0 Å². The van der Waals surface area contributed by atoms with E-state index in [9.17, 15) is 13.2 Å². The number of ether oxygens (including phenoxy) is 1. The van der Waals surface area contributed by atoms with Gasteiger partial charge in [-0.25, -0.2) is 8.42 Å². The van der Waals surface area contributed by atoms with E-state index in [1.165, 1.54) is 12.1 Å². The Labute approximate surface area is 218 Å². The zero-order valence-electron chi connectivity index (χ0n) is 18.7. The molecule has 178 valence electrons. The molecule has 0 unspecified atom stereocenters. The summed E-state index contributed by atoms with van der Waals surface area (Å²) in [5.41, 5.74) is 2.01. The summed E-state index contributed by atoms with van der Waals surface area (Å²) in [4.78, 5) is 13.0. The highest BCUT2D eigenvalue weighted by Crippen LogP contribution is 2.25. The Morgan fingerprint density at radius 2 is 1.40 bits per heavy atom. The lowest BCUT2D eigenvalue weighted by atomic mass is 10.2. The summed E-state index contributed by atoms with van der Waals surface area (Å²) in [6, 6.07) is 31.8. The molecule has 0 aliphatic heterocycles. The van der Waals surface area contributed by atoms with Gasteiger partial charge >= 0.3 is 0 Å². The van der Waals surface area contributed by atoms with Crippen LogP contribution in [0.3, 0.4) is 0 Å². The van der Waals surface area contributed by atoms with Gasteiger partial charge in [0.25, 0.3) is 10.0 Å². The molecule has 0 saturated carbocycles. The van der Waals surface area contributed by atoms with E-state index in [2.05, 4.69) is 27.9 Å². The van der Waals surface area contributed by atoms with Crippen LogP contribution in [0, 0.1) is 3.57 Å². The van der Waals surface area contributed by atoms with Crippen LogP contribution in [0.5, 0.6) is 5.75 Å². The largest absolute Gasteiger partial charge is 0.489 e. The average molecular weight is 598 g/mol. The van der Waals surface area contributed by atoms with E-state index >= 15 is 0 Å². The van der Waals surface area contributed by atoms with E-state index in [1.807, 2.05) is 30.3 Å². The van der Waals surface area contributed by atoms with Crippen LogP contribution in [0.1, 0.15) is 5.56 Å². The number of rotatable bonds is 9. The van der Waals surface area contributed by atoms with E-state index in [4.69, 9.17) is 4.74 Å². The fourth-order valence-electron chi connectivity index (χ4n) is 3.35. The van der Waals surface area contributed by atoms with E-state index < -0.39 is 15.9 Å². The fraction of sp³-hybridized carbons (Fsp3) is 0.0741. The first-order valence-corrected chi connectivity index (χ1v) is 13.3. The molecule has 0 atom stereocenters. The summed E-state index contributed by atoms with van der Waals surface area (Å²) in [6.07, 6.45) is 0. The van der Waals surface area contributed by atoms with Crippen molar-refractivity contribution in [3.05, 3.63) is 118 Å². The maximum absolute atomic E-state index is 13.4. The van der Waals surface area contributed by atoms with Crippen LogP contribution < -0.4 is 14.4 Å². The topological polar surface area (TPSA) is 75.7 Å². The highest BCUT2D eigenvalue weighted by atomic mass is 127. The number of carbonyl (C=O) groups is 1. The number of amides is 1. The van der Waals surface area contributed by atoms with Crippen molar-refractivity contribution < 1.29 is 17.9 Å². The molecular formula is C27H23IN2O4S. The molecule has 4 rings (SSSR count). The maximum atomic E-state index is 13.4. The molecule has 4 aromatic rings. The number of carbonyl (C=O) groups excluding carboxylic acids is 1. The number of anilines is 2. The molecule has 8 heteroatoms. The summed E-state index contributed by atoms with van der Waals surface area (Å²) < 4.78 is 34.6. The Bertz CT molecular complexity index is 1360. The van der Waals surface area contributed by atoms with Crippen LogP contribution in [-0.4, -0.2) is 20.9 Å². The molecule has 0 aliphatic rings. The molecule has 0 fully saturated rings. The summed E-state index contributed by atoms with van der Waals surface area (Å²) in [6.45, 7) is 0.0684. The third kappa shape index (κ3) is 6.61. The first kappa shape index (κ1) is 24.7. The lowest BCUT2D eigenvalue weighted by Gasteiger charge is -2.24. The first-order valence-electron chi connectivity index (χ1n) is 10.8. The van der Waals surface area contributed by atoms with E-state index in [1.54, 1.807) is 66.7 Å². The fourth-order valence-corrected chi connectivity index (χ4v) is 5.15. The van der Waals surface area contributed by atoms with Crippen molar-refractivity contribution in [1.82, 2.24) is 0 Å². The molecule has 0 spiro atoms. The van der Waals surface area contributed by atoms with Crippen LogP contribution >= 0.6 is 22.6 Å². The first-order chi connectivity index (χ1) is 16.9. The van der Waals surface area contributed by atoms with Crippen molar-refractivity contribution in [2.45, 2.75) is 11.5 Å². The van der Waals surface area contributed by atoms with Gasteiger partial charge in [0.2, 0.25) is 5.91 Å². The maximum Gasteiger partial charge on any atom is 0.264 e. The number of hydrogen-bond acceptors (Lipinski definition) is 4. The lowest BCUT2D eigenvalue weighted by molar-refractivity contribution is -0.114. The molecule has 0 saturated heterocycles. The molecule has 0 heterocycles. The van der Waals surface area contributed by atoms with Crippen LogP contribution in [0.25, 0.3) is 0 Å². The van der Waals surface area contributed by atoms with Gasteiger partial charge in [0.05, 0.1) is 10.6 Å². The van der Waals surface area contributed by atoms with E-state index in [-0.39, 0.29) is 11.4 Å². The van der Waals surface area contributed by atoms with Gasteiger partial charge in [-0.2, -0.15) is 0 Å².